The summed E-state index contributed by atoms with van der Waals surface area (Å²) in [4.78, 5) is 11.6. The first kappa shape index (κ1) is 10.5. The Kier molecular flexibility index (Phi) is 2.77. The molecule has 0 radical (unpaired) electrons. The van der Waals surface area contributed by atoms with E-state index in [0.29, 0.717) is 11.5 Å². The summed E-state index contributed by atoms with van der Waals surface area (Å²) in [6.07, 6.45) is 3.07. The Bertz CT molecular complexity index is 529. The maximum atomic E-state index is 11.6. The topological polar surface area (TPSA) is 43.4 Å². The minimum absolute atomic E-state index is 0.165. The van der Waals surface area contributed by atoms with Crippen molar-refractivity contribution in [2.75, 3.05) is 0 Å². The molecule has 0 unspecified atom stereocenters. The van der Waals surface area contributed by atoms with E-state index in [9.17, 15) is 4.79 Å². The summed E-state index contributed by atoms with van der Waals surface area (Å²) in [5.41, 5.74) is 0. The Morgan fingerprint density at radius 2 is 1.75 bits per heavy atom. The van der Waals surface area contributed by atoms with E-state index in [2.05, 4.69) is 0 Å². The average molecular weight is 216 g/mol. The van der Waals surface area contributed by atoms with Crippen LogP contribution in [0.4, 0.5) is 0 Å². The van der Waals surface area contributed by atoms with Crippen LogP contribution in [0.3, 0.4) is 0 Å². The van der Waals surface area contributed by atoms with Crippen LogP contribution in [0.5, 0.6) is 0 Å². The second kappa shape index (κ2) is 4.23. The maximum absolute atomic E-state index is 11.6. The van der Waals surface area contributed by atoms with Gasteiger partial charge >= 0.3 is 0 Å². The van der Waals surface area contributed by atoms with Crippen LogP contribution in [0.2, 0.25) is 0 Å². The van der Waals surface area contributed by atoms with Gasteiger partial charge in [-0.25, -0.2) is 0 Å². The van der Waals surface area contributed by atoms with Gasteiger partial charge in [0.1, 0.15) is 17.3 Å². The molecule has 0 bridgehead atoms. The molecule has 0 atom stereocenters. The summed E-state index contributed by atoms with van der Waals surface area (Å²) in [7, 11) is 0. The quantitative estimate of drug-likeness (QED) is 0.583. The van der Waals surface area contributed by atoms with Crippen molar-refractivity contribution in [3.05, 3.63) is 53.4 Å². The summed E-state index contributed by atoms with van der Waals surface area (Å²) in [6.45, 7) is 3.66. The lowest BCUT2D eigenvalue weighted by molar-refractivity contribution is 0.102. The van der Waals surface area contributed by atoms with Crippen molar-refractivity contribution >= 4 is 11.9 Å². The number of ketones is 1. The van der Waals surface area contributed by atoms with Crippen LogP contribution in [-0.2, 0) is 0 Å². The molecule has 0 N–H and O–H groups in total. The fourth-order valence-electron chi connectivity index (χ4n) is 1.35. The summed E-state index contributed by atoms with van der Waals surface area (Å²) < 4.78 is 10.5. The number of carbonyl (C=O) groups is 1. The van der Waals surface area contributed by atoms with E-state index in [-0.39, 0.29) is 5.78 Å². The van der Waals surface area contributed by atoms with Gasteiger partial charge in [0.2, 0.25) is 5.78 Å². The minimum atomic E-state index is -0.165. The smallest absolute Gasteiger partial charge is 0.221 e. The molecule has 2 aromatic rings. The fourth-order valence-corrected chi connectivity index (χ4v) is 1.35. The largest absolute Gasteiger partial charge is 0.462 e. The van der Waals surface area contributed by atoms with Gasteiger partial charge in [0.05, 0.1) is 0 Å². The third-order valence-corrected chi connectivity index (χ3v) is 2.14. The lowest BCUT2D eigenvalue weighted by atomic mass is 10.2. The summed E-state index contributed by atoms with van der Waals surface area (Å²) in [5.74, 6) is 2.39. The van der Waals surface area contributed by atoms with Gasteiger partial charge in [-0.2, -0.15) is 0 Å². The first-order valence-corrected chi connectivity index (χ1v) is 5.00. The van der Waals surface area contributed by atoms with E-state index in [1.165, 1.54) is 6.08 Å². The number of allylic oxidation sites excluding steroid dienone is 1. The molecular formula is C13H12O3. The van der Waals surface area contributed by atoms with E-state index >= 15 is 0 Å². The first-order valence-electron chi connectivity index (χ1n) is 5.00. The van der Waals surface area contributed by atoms with Crippen molar-refractivity contribution in [1.29, 1.82) is 0 Å². The number of hydrogen-bond acceptors (Lipinski definition) is 3. The highest BCUT2D eigenvalue weighted by atomic mass is 16.3. The highest BCUT2D eigenvalue weighted by Crippen LogP contribution is 2.11. The zero-order valence-corrected chi connectivity index (χ0v) is 9.19. The van der Waals surface area contributed by atoms with Crippen LogP contribution in [0.15, 0.2) is 39.2 Å². The SMILES string of the molecule is Cc1ccc(/C=C/C(=O)c2ccc(C)o2)o1. The third kappa shape index (κ3) is 2.31. The van der Waals surface area contributed by atoms with Gasteiger partial charge in [-0.3, -0.25) is 4.79 Å². The van der Waals surface area contributed by atoms with Crippen LogP contribution < -0.4 is 0 Å². The van der Waals surface area contributed by atoms with Crippen LogP contribution in [0, 0.1) is 13.8 Å². The molecule has 0 amide bonds. The van der Waals surface area contributed by atoms with Crippen LogP contribution in [0.25, 0.3) is 6.08 Å². The summed E-state index contributed by atoms with van der Waals surface area (Å²) >= 11 is 0. The van der Waals surface area contributed by atoms with Gasteiger partial charge < -0.3 is 8.83 Å². The Hall–Kier alpha value is -2.03. The van der Waals surface area contributed by atoms with Crippen molar-refractivity contribution in [3.63, 3.8) is 0 Å². The van der Waals surface area contributed by atoms with Crippen molar-refractivity contribution in [1.82, 2.24) is 0 Å². The highest BCUT2D eigenvalue weighted by Gasteiger charge is 2.06. The van der Waals surface area contributed by atoms with Gasteiger partial charge in [0.25, 0.3) is 0 Å². The normalized spacial score (nSPS) is 11.1. The van der Waals surface area contributed by atoms with Gasteiger partial charge in [-0.1, -0.05) is 0 Å². The van der Waals surface area contributed by atoms with Crippen molar-refractivity contribution < 1.29 is 13.6 Å². The van der Waals surface area contributed by atoms with Crippen LogP contribution in [0.1, 0.15) is 27.8 Å². The van der Waals surface area contributed by atoms with E-state index in [1.54, 1.807) is 25.1 Å². The van der Waals surface area contributed by atoms with E-state index in [0.717, 1.165) is 11.5 Å². The lowest BCUT2D eigenvalue weighted by Crippen LogP contribution is -1.90. The second-order valence-electron chi connectivity index (χ2n) is 3.56. The number of rotatable bonds is 3. The van der Waals surface area contributed by atoms with Gasteiger partial charge in [-0.05, 0) is 50.3 Å². The number of furan rings is 2. The zero-order chi connectivity index (χ0) is 11.5. The first-order chi connectivity index (χ1) is 7.65. The Labute approximate surface area is 93.4 Å². The molecule has 2 heterocycles. The van der Waals surface area contributed by atoms with Gasteiger partial charge in [-0.15, -0.1) is 0 Å². The molecule has 0 aliphatic carbocycles. The van der Waals surface area contributed by atoms with Gasteiger partial charge in [0.15, 0.2) is 5.76 Å². The molecular weight excluding hydrogens is 204 g/mol. The van der Waals surface area contributed by atoms with Crippen LogP contribution in [-0.4, -0.2) is 5.78 Å². The fraction of sp³-hybridized carbons (Fsp3) is 0.154. The van der Waals surface area contributed by atoms with Crippen LogP contribution >= 0.6 is 0 Å². The Balaban J connectivity index is 2.10. The van der Waals surface area contributed by atoms with Crippen molar-refractivity contribution in [3.8, 4) is 0 Å². The number of aryl methyl sites for hydroxylation is 2. The molecule has 0 saturated carbocycles. The summed E-state index contributed by atoms with van der Waals surface area (Å²) in [6, 6.07) is 7.08. The number of hydrogen-bond donors (Lipinski definition) is 0. The predicted molar refractivity (Wildman–Crippen MR) is 60.3 cm³/mol. The Morgan fingerprint density at radius 1 is 1.06 bits per heavy atom. The van der Waals surface area contributed by atoms with E-state index < -0.39 is 0 Å². The molecule has 0 spiro atoms. The zero-order valence-electron chi connectivity index (χ0n) is 9.19. The Morgan fingerprint density at radius 3 is 2.31 bits per heavy atom. The van der Waals surface area contributed by atoms with Gasteiger partial charge in [0, 0.05) is 0 Å². The molecule has 0 aromatic carbocycles. The van der Waals surface area contributed by atoms with Crippen molar-refractivity contribution in [2.24, 2.45) is 0 Å². The molecule has 0 fully saturated rings. The molecule has 0 aliphatic rings. The lowest BCUT2D eigenvalue weighted by Gasteiger charge is -1.88. The molecule has 16 heavy (non-hydrogen) atoms. The molecule has 0 saturated heterocycles. The third-order valence-electron chi connectivity index (χ3n) is 2.14. The molecule has 3 nitrogen and oxygen atoms in total. The monoisotopic (exact) mass is 216 g/mol. The number of carbonyl (C=O) groups excluding carboxylic acids is 1. The molecule has 82 valence electrons. The highest BCUT2D eigenvalue weighted by molar-refractivity contribution is 6.04. The molecule has 3 heteroatoms. The maximum Gasteiger partial charge on any atom is 0.221 e. The molecule has 2 aromatic heterocycles. The predicted octanol–water partition coefficient (Wildman–Crippen LogP) is 3.39. The van der Waals surface area contributed by atoms with Crippen molar-refractivity contribution in [2.45, 2.75) is 13.8 Å². The second-order valence-corrected chi connectivity index (χ2v) is 3.56. The minimum Gasteiger partial charge on any atom is -0.462 e. The van der Waals surface area contributed by atoms with E-state index in [1.807, 2.05) is 19.1 Å². The molecule has 2 rings (SSSR count). The average Bonchev–Trinajstić information content (AvgIpc) is 2.84. The van der Waals surface area contributed by atoms with E-state index in [4.69, 9.17) is 8.83 Å². The molecule has 0 aliphatic heterocycles. The standard InChI is InChI=1S/C13H12O3/c1-9-3-5-11(15-9)6-7-12(14)13-8-4-10(2)16-13/h3-8H,1-2H3/b7-6+. The summed E-state index contributed by atoms with van der Waals surface area (Å²) in [5, 5.41) is 0.